The van der Waals surface area contributed by atoms with Crippen LogP contribution in [0.4, 0.5) is 11.6 Å². The van der Waals surface area contributed by atoms with E-state index in [0.29, 0.717) is 24.1 Å². The fourth-order valence-electron chi connectivity index (χ4n) is 0.962. The van der Waals surface area contributed by atoms with E-state index in [9.17, 15) is 0 Å². The van der Waals surface area contributed by atoms with E-state index in [4.69, 9.17) is 10.6 Å². The van der Waals surface area contributed by atoms with Crippen molar-refractivity contribution in [2.45, 2.75) is 5.16 Å². The number of thioether (sulfide) groups is 1. The number of ether oxygens (including phenoxy) is 1. The number of rotatable bonds is 6. The Morgan fingerprint density at radius 2 is 2.20 bits per heavy atom. The zero-order chi connectivity index (χ0) is 11.1. The predicted molar refractivity (Wildman–Crippen MR) is 62.0 cm³/mol. The Hall–Kier alpha value is -1.05. The second-order valence-electron chi connectivity index (χ2n) is 2.69. The van der Waals surface area contributed by atoms with Crippen LogP contribution in [0.3, 0.4) is 0 Å². The third-order valence-corrected chi connectivity index (χ3v) is 2.20. The van der Waals surface area contributed by atoms with Crippen molar-refractivity contribution in [3.63, 3.8) is 0 Å². The zero-order valence-corrected chi connectivity index (χ0v) is 9.60. The molecular weight excluding hydrogens is 214 g/mol. The summed E-state index contributed by atoms with van der Waals surface area (Å²) in [6.45, 7) is 1.33. The largest absolute Gasteiger partial charge is 0.383 e. The van der Waals surface area contributed by atoms with Gasteiger partial charge in [-0.2, -0.15) is 0 Å². The van der Waals surface area contributed by atoms with Gasteiger partial charge in [-0.3, -0.25) is 0 Å². The van der Waals surface area contributed by atoms with E-state index >= 15 is 0 Å². The van der Waals surface area contributed by atoms with Crippen molar-refractivity contribution in [1.82, 2.24) is 9.97 Å². The van der Waals surface area contributed by atoms with Crippen LogP contribution in [0.5, 0.6) is 0 Å². The Bertz CT molecular complexity index is 287. The second kappa shape index (κ2) is 6.44. The maximum absolute atomic E-state index is 5.30. The Morgan fingerprint density at radius 1 is 1.47 bits per heavy atom. The van der Waals surface area contributed by atoms with E-state index < -0.39 is 0 Å². The van der Waals surface area contributed by atoms with Crippen LogP contribution in [0.2, 0.25) is 0 Å². The number of hydrogen-bond acceptors (Lipinski definition) is 7. The first-order valence-electron chi connectivity index (χ1n) is 4.42. The number of methoxy groups -OCH3 is 1. The van der Waals surface area contributed by atoms with Crippen LogP contribution in [0.15, 0.2) is 11.2 Å². The van der Waals surface area contributed by atoms with E-state index in [-0.39, 0.29) is 0 Å². The van der Waals surface area contributed by atoms with Crippen LogP contribution < -0.4 is 16.6 Å². The average Bonchev–Trinajstić information content (AvgIpc) is 2.29. The number of hydrogen-bond donors (Lipinski definition) is 3. The molecule has 1 heterocycles. The number of nitrogens with two attached hydrogens (primary N) is 1. The maximum Gasteiger partial charge on any atom is 0.191 e. The van der Waals surface area contributed by atoms with Crippen molar-refractivity contribution in [2.24, 2.45) is 5.84 Å². The molecule has 0 fully saturated rings. The summed E-state index contributed by atoms with van der Waals surface area (Å²) >= 11 is 1.46. The Kier molecular flexibility index (Phi) is 5.16. The minimum Gasteiger partial charge on any atom is -0.383 e. The average molecular weight is 229 g/mol. The van der Waals surface area contributed by atoms with E-state index in [1.807, 2.05) is 6.26 Å². The molecule has 4 N–H and O–H groups in total. The highest BCUT2D eigenvalue weighted by molar-refractivity contribution is 7.98. The van der Waals surface area contributed by atoms with Gasteiger partial charge in [0.25, 0.3) is 0 Å². The summed E-state index contributed by atoms with van der Waals surface area (Å²) in [5.41, 5.74) is 2.50. The van der Waals surface area contributed by atoms with Crippen LogP contribution in [-0.2, 0) is 4.74 Å². The van der Waals surface area contributed by atoms with Gasteiger partial charge in [-0.05, 0) is 6.26 Å². The minimum atomic E-state index is 0.592. The van der Waals surface area contributed by atoms with E-state index in [0.717, 1.165) is 5.82 Å². The third kappa shape index (κ3) is 3.90. The molecule has 0 aliphatic heterocycles. The van der Waals surface area contributed by atoms with Crippen LogP contribution in [0.1, 0.15) is 0 Å². The minimum absolute atomic E-state index is 0.592. The summed E-state index contributed by atoms with van der Waals surface area (Å²) in [6.07, 6.45) is 1.91. The summed E-state index contributed by atoms with van der Waals surface area (Å²) in [7, 11) is 1.65. The number of nitrogen functional groups attached to an aromatic ring is 1. The Labute approximate surface area is 93.0 Å². The van der Waals surface area contributed by atoms with Crippen molar-refractivity contribution in [3.05, 3.63) is 6.07 Å². The SMILES string of the molecule is COCCNc1cc(NN)nc(SC)n1. The molecule has 0 atom stereocenters. The summed E-state index contributed by atoms with van der Waals surface area (Å²) in [4.78, 5) is 8.40. The molecule has 15 heavy (non-hydrogen) atoms. The zero-order valence-electron chi connectivity index (χ0n) is 8.78. The van der Waals surface area contributed by atoms with Crippen molar-refractivity contribution < 1.29 is 4.74 Å². The van der Waals surface area contributed by atoms with E-state index in [2.05, 4.69) is 20.7 Å². The summed E-state index contributed by atoms with van der Waals surface area (Å²) < 4.78 is 4.93. The van der Waals surface area contributed by atoms with Crippen molar-refractivity contribution >= 4 is 23.4 Å². The lowest BCUT2D eigenvalue weighted by molar-refractivity contribution is 0.210. The van der Waals surface area contributed by atoms with Crippen LogP contribution in [-0.4, -0.2) is 36.5 Å². The van der Waals surface area contributed by atoms with Crippen LogP contribution in [0, 0.1) is 0 Å². The van der Waals surface area contributed by atoms with Gasteiger partial charge in [0.05, 0.1) is 6.61 Å². The molecule has 0 saturated heterocycles. The van der Waals surface area contributed by atoms with Gasteiger partial charge < -0.3 is 15.5 Å². The number of aromatic nitrogens is 2. The standard InChI is InChI=1S/C8H15N5OS/c1-14-4-3-10-6-5-7(13-9)12-8(11-6)15-2/h5H,3-4,9H2,1-2H3,(H2,10,11,12,13). The van der Waals surface area contributed by atoms with Crippen LogP contribution >= 0.6 is 11.8 Å². The second-order valence-corrected chi connectivity index (χ2v) is 3.46. The topological polar surface area (TPSA) is 85.1 Å². The van der Waals surface area contributed by atoms with Gasteiger partial charge in [0, 0.05) is 19.7 Å². The van der Waals surface area contributed by atoms with Crippen LogP contribution in [0.25, 0.3) is 0 Å². The lowest BCUT2D eigenvalue weighted by Gasteiger charge is -2.07. The molecule has 0 aliphatic rings. The van der Waals surface area contributed by atoms with Crippen molar-refractivity contribution in [2.75, 3.05) is 37.3 Å². The molecule has 0 aliphatic carbocycles. The smallest absolute Gasteiger partial charge is 0.191 e. The molecule has 0 aromatic carbocycles. The number of nitrogens with one attached hydrogen (secondary N) is 2. The molecule has 7 heteroatoms. The molecule has 1 aromatic heterocycles. The maximum atomic E-state index is 5.30. The Balaban J connectivity index is 2.68. The predicted octanol–water partition coefficient (Wildman–Crippen LogP) is 0.542. The van der Waals surface area contributed by atoms with E-state index in [1.54, 1.807) is 13.2 Å². The fraction of sp³-hybridized carbons (Fsp3) is 0.500. The molecule has 1 rings (SSSR count). The first kappa shape index (κ1) is 12.0. The van der Waals surface area contributed by atoms with Gasteiger partial charge in [-0.1, -0.05) is 11.8 Å². The first-order chi connectivity index (χ1) is 7.30. The molecule has 1 aromatic rings. The molecule has 0 amide bonds. The molecule has 0 saturated carbocycles. The lowest BCUT2D eigenvalue weighted by atomic mass is 10.5. The van der Waals surface area contributed by atoms with Crippen molar-refractivity contribution in [1.29, 1.82) is 0 Å². The molecule has 6 nitrogen and oxygen atoms in total. The highest BCUT2D eigenvalue weighted by Gasteiger charge is 2.02. The monoisotopic (exact) mass is 229 g/mol. The van der Waals surface area contributed by atoms with E-state index in [1.165, 1.54) is 11.8 Å². The molecule has 0 unspecified atom stereocenters. The summed E-state index contributed by atoms with van der Waals surface area (Å²) in [5.74, 6) is 6.62. The number of anilines is 2. The van der Waals surface area contributed by atoms with Gasteiger partial charge >= 0.3 is 0 Å². The molecule has 84 valence electrons. The van der Waals surface area contributed by atoms with Gasteiger partial charge in [0.1, 0.15) is 11.6 Å². The number of nitrogens with zero attached hydrogens (tertiary/aromatic N) is 2. The highest BCUT2D eigenvalue weighted by atomic mass is 32.2. The number of hydrazine groups is 1. The van der Waals surface area contributed by atoms with Gasteiger partial charge in [0.15, 0.2) is 5.16 Å². The van der Waals surface area contributed by atoms with Gasteiger partial charge in [-0.15, -0.1) is 0 Å². The molecule has 0 spiro atoms. The highest BCUT2D eigenvalue weighted by Crippen LogP contribution is 2.16. The summed E-state index contributed by atoms with van der Waals surface area (Å²) in [5, 5.41) is 3.78. The summed E-state index contributed by atoms with van der Waals surface area (Å²) in [6, 6.07) is 1.75. The van der Waals surface area contributed by atoms with Crippen molar-refractivity contribution in [3.8, 4) is 0 Å². The lowest BCUT2D eigenvalue weighted by Crippen LogP contribution is -2.13. The fourth-order valence-corrected chi connectivity index (χ4v) is 1.34. The third-order valence-electron chi connectivity index (χ3n) is 1.65. The molecule has 0 radical (unpaired) electrons. The Morgan fingerprint density at radius 3 is 2.80 bits per heavy atom. The quantitative estimate of drug-likeness (QED) is 0.216. The first-order valence-corrected chi connectivity index (χ1v) is 5.65. The molecular formula is C8H15N5OS. The normalized spacial score (nSPS) is 10.1. The van der Waals surface area contributed by atoms with Gasteiger partial charge in [0.2, 0.25) is 0 Å². The molecule has 0 bridgehead atoms. The van der Waals surface area contributed by atoms with Gasteiger partial charge in [-0.25, -0.2) is 15.8 Å².